The van der Waals surface area contributed by atoms with Crippen molar-refractivity contribution in [2.24, 2.45) is 0 Å². The molecule has 0 atom stereocenters. The van der Waals surface area contributed by atoms with Crippen molar-refractivity contribution >= 4 is 141 Å². The van der Waals surface area contributed by atoms with Gasteiger partial charge in [-0.25, -0.2) is 0 Å². The van der Waals surface area contributed by atoms with Gasteiger partial charge in [-0.3, -0.25) is 29.9 Å². The smallest absolute Gasteiger partial charge is 0.135 e. The molecule has 19 aromatic heterocycles. The van der Waals surface area contributed by atoms with Crippen LogP contribution in [0.4, 0.5) is 0 Å². The highest BCUT2D eigenvalue weighted by atomic mass is 32.1. The topological polar surface area (TPSA) is 279 Å². The number of aryl methyl sites for hydroxylation is 7. The average molecular weight is 2020 g/mol. The average Bonchev–Trinajstić information content (AvgIpc) is 1.52. The zero-order chi connectivity index (χ0) is 102. The minimum Gasteiger partial charge on any atom is -0.574 e. The summed E-state index contributed by atoms with van der Waals surface area (Å²) in [4.78, 5) is 32.0. The van der Waals surface area contributed by atoms with E-state index in [1.54, 1.807) is 23.8 Å². The molecule has 0 saturated carbocycles. The van der Waals surface area contributed by atoms with Crippen LogP contribution in [0.2, 0.25) is 0 Å². The van der Waals surface area contributed by atoms with Gasteiger partial charge in [-0.2, -0.15) is 0 Å². The van der Waals surface area contributed by atoms with Crippen molar-refractivity contribution in [1.29, 1.82) is 0 Å². The Bertz CT molecular complexity index is 9450. The Morgan fingerprint density at radius 3 is 1.33 bits per heavy atom. The molecule has 0 bridgehead atoms. The van der Waals surface area contributed by atoms with Gasteiger partial charge in [-0.15, -0.1) is 45.3 Å². The van der Waals surface area contributed by atoms with Gasteiger partial charge in [0.1, 0.15) is 22.7 Å². The Hall–Kier alpha value is -17.6. The van der Waals surface area contributed by atoms with E-state index in [1.165, 1.54) is 153 Å². The van der Waals surface area contributed by atoms with Gasteiger partial charge in [0.25, 0.3) is 0 Å². The van der Waals surface area contributed by atoms with Crippen LogP contribution in [-0.2, 0) is 11.8 Å². The minimum atomic E-state index is 0.0868. The third-order valence-corrected chi connectivity index (χ3v) is 31.5. The molecular weight excluding hydrogens is 1930 g/mol. The van der Waals surface area contributed by atoms with Crippen LogP contribution in [0.5, 0.6) is 0 Å². The van der Waals surface area contributed by atoms with Gasteiger partial charge in [0.2, 0.25) is 0 Å². The van der Waals surface area contributed by atoms with Crippen molar-refractivity contribution < 1.29 is 13.3 Å². The van der Waals surface area contributed by atoms with Crippen LogP contribution in [0, 0.1) is 41.5 Å². The summed E-state index contributed by atoms with van der Waals surface area (Å²) in [6.07, 6.45) is 20.5. The van der Waals surface area contributed by atoms with E-state index in [4.69, 9.17) is 13.3 Å². The summed E-state index contributed by atoms with van der Waals surface area (Å²) in [5.41, 5.74) is 30.2. The molecule has 0 unspecified atom stereocenters. The predicted octanol–water partition coefficient (Wildman–Crippen LogP) is 31.7. The number of aromatic nitrogens is 18. The number of unbranched alkanes of at least 4 members (excludes halogenated alkanes) is 3. The maximum atomic E-state index is 6.02. The van der Waals surface area contributed by atoms with Crippen molar-refractivity contribution in [3.63, 3.8) is 0 Å². The molecular formula is C125H94N18O3S4-6. The summed E-state index contributed by atoms with van der Waals surface area (Å²) >= 11 is 7.34. The first-order chi connectivity index (χ1) is 73.3. The standard InChI is InChI=1S/C25H16N3.C23H16N3.C20H16N3S2.C19H12N3O2.C19H22N3O.C19H12N3S2/c1-15-11-23(28-27-15)22-14-18(9-10-26-22)21-12-19-7-5-16-3-2-4-17-6-8-20(13-21)25(19)24(16)17;1-15-12-23(26-25-15)22-14-18(10-11-24-22)17-8-9-21-19(13-17)7-6-16-4-2-3-5-20(16)21;1-11-8-16(23-22-11)15-9-12(4-6-21-15)17-10-14-19(25-17)18-13(5-7-24-18)20(14,2)3;1-11-6-16(22-21-11)15-7-12(2-4-20-15)18-10-14-9-17-13(3-5-23-17)8-19(14)24-18;1-3-4-5-6-7-17-11-16(13-23-17)15-8-9-20-18(12-15)19-10-14(2)21-22-19;1-11-6-16(22-21-11)15-8-12(2-4-20-15)18-9-14-7-13-3-5-23-17(13)10-19(14)24-18/h2-14H,1H3;2-14H,1H3;4-10H,1-3H3;2-10H,1H3;8-13H,3-7H2,1-2H3;2-10H,1H3/q6*-1. The number of rotatable bonds is 17. The van der Waals surface area contributed by atoms with Crippen LogP contribution >= 0.6 is 45.3 Å². The van der Waals surface area contributed by atoms with Crippen molar-refractivity contribution in [2.45, 2.75) is 99.8 Å². The molecule has 0 N–H and O–H groups in total. The fourth-order valence-electron chi connectivity index (χ4n) is 19.6. The summed E-state index contributed by atoms with van der Waals surface area (Å²) in [5.74, 6) is 1.84. The molecule has 0 spiro atoms. The molecule has 25 heteroatoms. The van der Waals surface area contributed by atoms with E-state index >= 15 is 0 Å². The second kappa shape index (κ2) is 40.7. The van der Waals surface area contributed by atoms with E-state index in [0.29, 0.717) is 0 Å². The van der Waals surface area contributed by atoms with Gasteiger partial charge >= 0.3 is 0 Å². The van der Waals surface area contributed by atoms with E-state index < -0.39 is 0 Å². The van der Waals surface area contributed by atoms with Gasteiger partial charge in [-0.1, -0.05) is 202 Å². The Kier molecular flexibility index (Phi) is 25.7. The number of furan rings is 3. The molecule has 29 rings (SSSR count). The third kappa shape index (κ3) is 19.5. The van der Waals surface area contributed by atoms with Gasteiger partial charge in [-0.05, 0) is 331 Å². The Morgan fingerprint density at radius 1 is 0.293 bits per heavy atom. The monoisotopic (exact) mass is 2020 g/mol. The summed E-state index contributed by atoms with van der Waals surface area (Å²) < 4.78 is 19.8. The highest BCUT2D eigenvalue weighted by molar-refractivity contribution is 7.24. The molecule has 150 heavy (non-hydrogen) atoms. The van der Waals surface area contributed by atoms with Gasteiger partial charge in [0.05, 0.1) is 29.6 Å². The first-order valence-corrected chi connectivity index (χ1v) is 53.1. The molecule has 19 heterocycles. The fraction of sp³-hybridized carbons (Fsp3) is 0.120. The second-order valence-electron chi connectivity index (χ2n) is 38.2. The Balaban J connectivity index is 0.0000000959. The molecule has 28 aromatic rings. The number of hydrogen-bond acceptors (Lipinski definition) is 19. The highest BCUT2D eigenvalue weighted by Crippen LogP contribution is 2.56. The first kappa shape index (κ1) is 94.6. The normalized spacial score (nSPS) is 12.0. The molecule has 0 amide bonds. The molecule has 0 aliphatic heterocycles. The largest absolute Gasteiger partial charge is 0.574 e. The lowest BCUT2D eigenvalue weighted by Gasteiger charge is -2.18. The van der Waals surface area contributed by atoms with Crippen molar-refractivity contribution in [2.75, 3.05) is 0 Å². The van der Waals surface area contributed by atoms with Crippen LogP contribution in [0.25, 0.3) is 240 Å². The number of pyridine rings is 6. The summed E-state index contributed by atoms with van der Waals surface area (Å²) in [7, 11) is 0. The Labute approximate surface area is 879 Å². The van der Waals surface area contributed by atoms with Gasteiger partial charge in [0, 0.05) is 151 Å². The van der Waals surface area contributed by atoms with Gasteiger partial charge in [0.15, 0.2) is 0 Å². The molecule has 1 aliphatic carbocycles. The molecule has 732 valence electrons. The van der Waals surface area contributed by atoms with Crippen molar-refractivity contribution in [1.82, 2.24) is 91.1 Å². The lowest BCUT2D eigenvalue weighted by molar-refractivity contribution is 0.495. The van der Waals surface area contributed by atoms with Crippen LogP contribution < -0.4 is 30.6 Å². The molecule has 1 aliphatic rings. The van der Waals surface area contributed by atoms with Crippen LogP contribution in [0.15, 0.2) is 359 Å². The molecule has 21 nitrogen and oxygen atoms in total. The molecule has 9 aromatic carbocycles. The quantitative estimate of drug-likeness (QED) is 0.0605. The summed E-state index contributed by atoms with van der Waals surface area (Å²) in [6.45, 7) is 18.5. The van der Waals surface area contributed by atoms with E-state index in [2.05, 4.69) is 317 Å². The predicted molar refractivity (Wildman–Crippen MR) is 608 cm³/mol. The van der Waals surface area contributed by atoms with Crippen LogP contribution in [-0.4, -0.2) is 60.5 Å². The lowest BCUT2D eigenvalue weighted by Crippen LogP contribution is -2.13. The fourth-order valence-corrected chi connectivity index (χ4v) is 24.1. The molecule has 0 fully saturated rings. The highest BCUT2D eigenvalue weighted by Gasteiger charge is 2.38. The second-order valence-corrected chi connectivity index (χ2v) is 42.2. The first-order valence-electron chi connectivity index (χ1n) is 49.7. The number of benzene rings is 9. The maximum absolute atomic E-state index is 6.02. The number of hydrogen-bond donors (Lipinski definition) is 0. The number of nitrogens with zero attached hydrogens (tertiary/aromatic N) is 18. The van der Waals surface area contributed by atoms with E-state index in [1.807, 2.05) is 204 Å². The van der Waals surface area contributed by atoms with Crippen molar-refractivity contribution in [3.8, 4) is 144 Å². The zero-order valence-corrected chi connectivity index (χ0v) is 86.6. The van der Waals surface area contributed by atoms with Crippen LogP contribution in [0.1, 0.15) is 97.5 Å². The van der Waals surface area contributed by atoms with Crippen LogP contribution in [0.3, 0.4) is 0 Å². The third-order valence-electron chi connectivity index (χ3n) is 27.2. The lowest BCUT2D eigenvalue weighted by atomic mass is 9.84. The number of thiophene rings is 4. The minimum absolute atomic E-state index is 0.0868. The van der Waals surface area contributed by atoms with E-state index in [9.17, 15) is 0 Å². The number of fused-ring (bicyclic) bond motifs is 10. The Morgan fingerprint density at radius 2 is 0.760 bits per heavy atom. The van der Waals surface area contributed by atoms with Gasteiger partial charge < -0.3 is 74.4 Å². The molecule has 0 radical (unpaired) electrons. The SMILES string of the molecule is CCCCCCc1cc(-c2ccnc(-c3cc(C)n[n-]3)c2)co1.Cc1cc(-c2cc(-c3cc4c(s3)-c3sccc3C4(C)C)ccn2)[n-]n1.Cc1cc(-c2cc(-c3cc4cc5ccsc5cc4s3)ccn2)[n-]n1.Cc1cc(-c2cc(-c3cc4cc5occc5cc4o3)ccn2)[n-]n1.Cc1cc(-c2cc(-c3cc4ccc5cccc6ccc(c3)c4c56)ccn2)[n-]n1.Cc1cc(-c2cc(-c3ccc4c(ccc5ccccc54)c3)ccn2)[n-]n1. The van der Waals surface area contributed by atoms with Crippen molar-refractivity contribution in [3.05, 3.63) is 397 Å². The maximum Gasteiger partial charge on any atom is 0.135 e. The van der Waals surface area contributed by atoms with E-state index in [0.717, 1.165) is 170 Å². The summed E-state index contributed by atoms with van der Waals surface area (Å²) in [6, 6.07) is 99.4. The summed E-state index contributed by atoms with van der Waals surface area (Å²) in [5, 5.41) is 71.4. The molecule has 0 saturated heterocycles. The zero-order valence-electron chi connectivity index (χ0n) is 83.4. The van der Waals surface area contributed by atoms with E-state index in [-0.39, 0.29) is 5.41 Å².